The molecule has 0 radical (unpaired) electrons. The van der Waals surface area contributed by atoms with Gasteiger partial charge in [0.2, 0.25) is 5.95 Å². The van der Waals surface area contributed by atoms with Crippen molar-refractivity contribution >= 4 is 28.9 Å². The van der Waals surface area contributed by atoms with Crippen molar-refractivity contribution in [2.45, 2.75) is 64.2 Å². The minimum atomic E-state index is -0.925. The summed E-state index contributed by atoms with van der Waals surface area (Å²) < 4.78 is 2.06. The van der Waals surface area contributed by atoms with Crippen LogP contribution in [0.2, 0.25) is 0 Å². The first-order chi connectivity index (χ1) is 17.9. The monoisotopic (exact) mass is 499 g/mol. The van der Waals surface area contributed by atoms with Crippen LogP contribution in [0.4, 0.5) is 11.8 Å². The molecule has 1 fully saturated rings. The van der Waals surface area contributed by atoms with Crippen molar-refractivity contribution < 1.29 is 9.90 Å². The second kappa shape index (κ2) is 10.6. The third kappa shape index (κ3) is 5.56. The Bertz CT molecular complexity index is 1370. The lowest BCUT2D eigenvalue weighted by atomic mass is 9.92. The van der Waals surface area contributed by atoms with Gasteiger partial charge >= 0.3 is 5.97 Å². The number of nitrogens with two attached hydrogens (primary N) is 1. The molecule has 2 aromatic carbocycles. The third-order valence-corrected chi connectivity index (χ3v) is 6.96. The van der Waals surface area contributed by atoms with Crippen LogP contribution in [0.15, 0.2) is 54.9 Å². The predicted octanol–water partition coefficient (Wildman–Crippen LogP) is 5.07. The molecule has 2 aromatic heterocycles. The van der Waals surface area contributed by atoms with Gasteiger partial charge < -0.3 is 26.0 Å². The van der Waals surface area contributed by atoms with E-state index >= 15 is 0 Å². The molecule has 0 atom stereocenters. The molecule has 37 heavy (non-hydrogen) atoms. The van der Waals surface area contributed by atoms with Crippen LogP contribution in [0.25, 0.3) is 22.3 Å². The quantitative estimate of drug-likeness (QED) is 0.264. The van der Waals surface area contributed by atoms with Crippen LogP contribution < -0.4 is 16.4 Å². The summed E-state index contributed by atoms with van der Waals surface area (Å²) in [7, 11) is 0. The van der Waals surface area contributed by atoms with E-state index in [-0.39, 0.29) is 17.6 Å². The average Bonchev–Trinajstić information content (AvgIpc) is 3.33. The summed E-state index contributed by atoms with van der Waals surface area (Å²) in [6.07, 6.45) is 5.87. The second-order valence-electron chi connectivity index (χ2n) is 10.0. The maximum Gasteiger partial charge on any atom is 0.335 e. The van der Waals surface area contributed by atoms with E-state index in [0.717, 1.165) is 53.5 Å². The Kier molecular flexibility index (Phi) is 7.05. The molecule has 1 saturated carbocycles. The van der Waals surface area contributed by atoms with Gasteiger partial charge in [0.1, 0.15) is 0 Å². The van der Waals surface area contributed by atoms with E-state index in [0.29, 0.717) is 24.4 Å². The molecule has 2 heterocycles. The summed E-state index contributed by atoms with van der Waals surface area (Å²) in [5, 5.41) is 16.1. The highest BCUT2D eigenvalue weighted by atomic mass is 16.4. The highest BCUT2D eigenvalue weighted by molar-refractivity contribution is 5.88. The van der Waals surface area contributed by atoms with E-state index in [1.807, 2.05) is 30.6 Å². The van der Waals surface area contributed by atoms with Crippen LogP contribution in [0.3, 0.4) is 0 Å². The second-order valence-corrected chi connectivity index (χ2v) is 10.0. The van der Waals surface area contributed by atoms with Crippen molar-refractivity contribution in [2.24, 2.45) is 5.73 Å². The van der Waals surface area contributed by atoms with Crippen LogP contribution in [-0.4, -0.2) is 42.7 Å². The predicted molar refractivity (Wildman–Crippen MR) is 146 cm³/mol. The normalized spacial score (nSPS) is 17.7. The first-order valence-electron chi connectivity index (χ1n) is 12.8. The zero-order valence-electron chi connectivity index (χ0n) is 21.2. The van der Waals surface area contributed by atoms with E-state index in [4.69, 9.17) is 20.8 Å². The molecule has 0 unspecified atom stereocenters. The van der Waals surface area contributed by atoms with Crippen LogP contribution >= 0.6 is 0 Å². The summed E-state index contributed by atoms with van der Waals surface area (Å²) in [6, 6.07) is 15.9. The molecule has 1 aliphatic rings. The average molecular weight is 500 g/mol. The molecular formula is C28H33N7O2. The number of aromatic nitrogens is 4. The van der Waals surface area contributed by atoms with Gasteiger partial charge in [-0.25, -0.2) is 9.78 Å². The van der Waals surface area contributed by atoms with Gasteiger partial charge in [0.15, 0.2) is 17.0 Å². The number of benzene rings is 2. The standard InChI is InChI=1S/C28H33N7O2/c1-17(2)35-16-31-24-25(33-28(34-26(24)35)32-23-13-11-22(29)12-14-23)30-15-18-3-5-19(6-4-18)20-7-9-21(10-8-20)27(36)37/h3-10,16-17,22-23H,11-15,29H2,1-2H3,(H,36,37)(H2,30,32,33,34). The molecule has 0 bridgehead atoms. The number of imidazole rings is 1. The Morgan fingerprint density at radius 2 is 1.68 bits per heavy atom. The van der Waals surface area contributed by atoms with Gasteiger partial charge in [-0.15, -0.1) is 0 Å². The highest BCUT2D eigenvalue weighted by Crippen LogP contribution is 2.27. The van der Waals surface area contributed by atoms with Gasteiger partial charge in [0, 0.05) is 24.7 Å². The molecule has 4 aromatic rings. The van der Waals surface area contributed by atoms with E-state index in [1.165, 1.54) is 0 Å². The summed E-state index contributed by atoms with van der Waals surface area (Å²) in [5.41, 5.74) is 11.0. The maximum absolute atomic E-state index is 11.1. The van der Waals surface area contributed by atoms with Crippen LogP contribution in [0, 0.1) is 0 Å². The van der Waals surface area contributed by atoms with Crippen molar-refractivity contribution in [1.29, 1.82) is 0 Å². The van der Waals surface area contributed by atoms with Gasteiger partial charge in [0.25, 0.3) is 0 Å². The number of hydrogen-bond donors (Lipinski definition) is 4. The van der Waals surface area contributed by atoms with Gasteiger partial charge in [0.05, 0.1) is 11.9 Å². The molecule has 0 amide bonds. The maximum atomic E-state index is 11.1. The minimum Gasteiger partial charge on any atom is -0.478 e. The van der Waals surface area contributed by atoms with E-state index in [9.17, 15) is 4.79 Å². The van der Waals surface area contributed by atoms with E-state index in [1.54, 1.807) is 12.1 Å². The molecule has 0 saturated heterocycles. The first-order valence-corrected chi connectivity index (χ1v) is 12.8. The molecule has 192 valence electrons. The number of rotatable bonds is 8. The third-order valence-electron chi connectivity index (χ3n) is 6.96. The molecular weight excluding hydrogens is 466 g/mol. The smallest absolute Gasteiger partial charge is 0.335 e. The molecule has 0 aliphatic heterocycles. The lowest BCUT2D eigenvalue weighted by Crippen LogP contribution is -2.33. The SMILES string of the molecule is CC(C)n1cnc2c(NCc3ccc(-c4ccc(C(=O)O)cc4)cc3)nc(NC3CCC(N)CC3)nc21. The molecule has 1 aliphatic carbocycles. The highest BCUT2D eigenvalue weighted by Gasteiger charge is 2.21. The lowest BCUT2D eigenvalue weighted by molar-refractivity contribution is 0.0697. The fourth-order valence-corrected chi connectivity index (χ4v) is 4.73. The lowest BCUT2D eigenvalue weighted by Gasteiger charge is -2.27. The number of carboxylic acid groups (broad SMARTS) is 1. The summed E-state index contributed by atoms with van der Waals surface area (Å²) in [5.74, 6) is 0.386. The number of aromatic carboxylic acids is 1. The fraction of sp³-hybridized carbons (Fsp3) is 0.357. The Hall–Kier alpha value is -3.98. The molecule has 0 spiro atoms. The Labute approximate surface area is 216 Å². The van der Waals surface area contributed by atoms with Gasteiger partial charge in [-0.1, -0.05) is 36.4 Å². The number of nitrogens with zero attached hydrogens (tertiary/aromatic N) is 4. The number of carboxylic acids is 1. The number of hydrogen-bond acceptors (Lipinski definition) is 7. The summed E-state index contributed by atoms with van der Waals surface area (Å²) >= 11 is 0. The van der Waals surface area contributed by atoms with Gasteiger partial charge in [-0.3, -0.25) is 0 Å². The molecule has 9 nitrogen and oxygen atoms in total. The Morgan fingerprint density at radius 1 is 1.03 bits per heavy atom. The largest absolute Gasteiger partial charge is 0.478 e. The summed E-state index contributed by atoms with van der Waals surface area (Å²) in [6.45, 7) is 4.81. The van der Waals surface area contributed by atoms with Crippen LogP contribution in [0.1, 0.15) is 61.5 Å². The molecule has 5 N–H and O–H groups in total. The topological polar surface area (TPSA) is 131 Å². The van der Waals surface area contributed by atoms with Crippen LogP contribution in [-0.2, 0) is 6.54 Å². The number of nitrogens with one attached hydrogen (secondary N) is 2. The molecule has 5 rings (SSSR count). The Balaban J connectivity index is 1.34. The number of carbonyl (C=O) groups is 1. The minimum absolute atomic E-state index is 0.227. The summed E-state index contributed by atoms with van der Waals surface area (Å²) in [4.78, 5) is 25.3. The zero-order chi connectivity index (χ0) is 25.9. The van der Waals surface area contributed by atoms with Gasteiger partial charge in [-0.05, 0) is 68.4 Å². The number of fused-ring (bicyclic) bond motifs is 1. The first kappa shape index (κ1) is 24.7. The molecule has 9 heteroatoms. The van der Waals surface area contributed by atoms with Crippen molar-refractivity contribution in [1.82, 2.24) is 19.5 Å². The Morgan fingerprint density at radius 3 is 2.30 bits per heavy atom. The van der Waals surface area contributed by atoms with Gasteiger partial charge in [-0.2, -0.15) is 9.97 Å². The van der Waals surface area contributed by atoms with E-state index in [2.05, 4.69) is 46.2 Å². The van der Waals surface area contributed by atoms with Crippen molar-refractivity contribution in [2.75, 3.05) is 10.6 Å². The van der Waals surface area contributed by atoms with E-state index < -0.39 is 5.97 Å². The van der Waals surface area contributed by atoms with Crippen LogP contribution in [0.5, 0.6) is 0 Å². The fourth-order valence-electron chi connectivity index (χ4n) is 4.73. The van der Waals surface area contributed by atoms with Crippen molar-refractivity contribution in [3.63, 3.8) is 0 Å². The zero-order valence-corrected chi connectivity index (χ0v) is 21.2. The van der Waals surface area contributed by atoms with Crippen molar-refractivity contribution in [3.8, 4) is 11.1 Å². The number of anilines is 2. The van der Waals surface area contributed by atoms with Crippen molar-refractivity contribution in [3.05, 3.63) is 66.0 Å².